The van der Waals surface area contributed by atoms with E-state index in [4.69, 9.17) is 16.3 Å². The summed E-state index contributed by atoms with van der Waals surface area (Å²) >= 11 is 0. The van der Waals surface area contributed by atoms with Gasteiger partial charge in [0, 0.05) is 6.20 Å². The van der Waals surface area contributed by atoms with E-state index >= 15 is 0 Å². The molecule has 3 N–H and O–H groups in total. The van der Waals surface area contributed by atoms with Gasteiger partial charge in [0.1, 0.15) is 17.7 Å². The summed E-state index contributed by atoms with van der Waals surface area (Å²) in [5.41, 5.74) is 4.59. The van der Waals surface area contributed by atoms with E-state index in [-0.39, 0.29) is 16.8 Å². The lowest BCUT2D eigenvalue weighted by molar-refractivity contribution is 1.20. The number of hydrogen-bond acceptors (Lipinski definition) is 4. The third-order valence-electron chi connectivity index (χ3n) is 1.37. The molecule has 5 heteroatoms. The number of rotatable bonds is 0. The number of pyridine rings is 1. The summed E-state index contributed by atoms with van der Waals surface area (Å²) in [6.07, 6.45) is 1.18. The van der Waals surface area contributed by atoms with Crippen molar-refractivity contribution in [3.8, 4) is 12.1 Å². The number of nitrogen functional groups attached to an aromatic ring is 1. The highest BCUT2D eigenvalue weighted by molar-refractivity contribution is 5.61. The molecular formula is C7H4N4O. The van der Waals surface area contributed by atoms with Gasteiger partial charge in [-0.25, -0.2) is 0 Å². The number of aromatic amines is 1. The van der Waals surface area contributed by atoms with Gasteiger partial charge in [0.25, 0.3) is 5.56 Å². The third kappa shape index (κ3) is 0.998. The smallest absolute Gasteiger partial charge is 0.268 e. The zero-order valence-corrected chi connectivity index (χ0v) is 5.96. The zero-order valence-electron chi connectivity index (χ0n) is 5.96. The minimum Gasteiger partial charge on any atom is -0.396 e. The number of nitrogens with zero attached hydrogens (tertiary/aromatic N) is 2. The molecular weight excluding hydrogens is 156 g/mol. The van der Waals surface area contributed by atoms with Gasteiger partial charge in [-0.2, -0.15) is 10.5 Å². The first-order chi connectivity index (χ1) is 5.70. The molecule has 1 aromatic heterocycles. The van der Waals surface area contributed by atoms with E-state index in [1.807, 2.05) is 0 Å². The minimum atomic E-state index is -0.575. The predicted molar refractivity (Wildman–Crippen MR) is 40.9 cm³/mol. The summed E-state index contributed by atoms with van der Waals surface area (Å²) in [6.45, 7) is 0. The normalized spacial score (nSPS) is 8.50. The van der Waals surface area contributed by atoms with Crippen molar-refractivity contribution in [3.05, 3.63) is 27.7 Å². The van der Waals surface area contributed by atoms with Gasteiger partial charge in [-0.3, -0.25) is 4.79 Å². The van der Waals surface area contributed by atoms with Crippen molar-refractivity contribution < 1.29 is 0 Å². The summed E-state index contributed by atoms with van der Waals surface area (Å²) in [5.74, 6) is 0. The molecule has 0 aliphatic rings. The molecule has 58 valence electrons. The molecule has 0 saturated carbocycles. The molecule has 0 radical (unpaired) electrons. The van der Waals surface area contributed by atoms with Crippen molar-refractivity contribution in [2.75, 3.05) is 5.73 Å². The molecule has 1 heterocycles. The number of nitrogens with two attached hydrogens (primary N) is 1. The molecule has 1 aromatic rings. The first-order valence-corrected chi connectivity index (χ1v) is 3.02. The fourth-order valence-electron chi connectivity index (χ4n) is 0.748. The molecule has 0 atom stereocenters. The molecule has 0 amide bonds. The number of aromatic nitrogens is 1. The standard InChI is InChI=1S/C7H4N4O/c8-1-4-3-11-7(12)5(2-9)6(4)10/h3H,(H3,10,11,12). The van der Waals surface area contributed by atoms with Crippen LogP contribution in [0.3, 0.4) is 0 Å². The maximum atomic E-state index is 10.9. The van der Waals surface area contributed by atoms with Crippen molar-refractivity contribution in [1.82, 2.24) is 4.98 Å². The van der Waals surface area contributed by atoms with Gasteiger partial charge in [-0.05, 0) is 0 Å². The number of nitriles is 2. The topological polar surface area (TPSA) is 106 Å². The first kappa shape index (κ1) is 7.83. The summed E-state index contributed by atoms with van der Waals surface area (Å²) in [7, 11) is 0. The first-order valence-electron chi connectivity index (χ1n) is 3.02. The van der Waals surface area contributed by atoms with Gasteiger partial charge in [-0.1, -0.05) is 0 Å². The predicted octanol–water partition coefficient (Wildman–Crippen LogP) is -0.300. The van der Waals surface area contributed by atoms with Gasteiger partial charge < -0.3 is 10.7 Å². The Labute approximate surface area is 67.7 Å². The van der Waals surface area contributed by atoms with Crippen LogP contribution < -0.4 is 11.3 Å². The van der Waals surface area contributed by atoms with E-state index in [0.29, 0.717) is 0 Å². The van der Waals surface area contributed by atoms with E-state index in [1.165, 1.54) is 6.20 Å². The van der Waals surface area contributed by atoms with Crippen LogP contribution in [0.1, 0.15) is 11.1 Å². The van der Waals surface area contributed by atoms with Gasteiger partial charge >= 0.3 is 0 Å². The summed E-state index contributed by atoms with van der Waals surface area (Å²) < 4.78 is 0. The molecule has 0 fully saturated rings. The quantitative estimate of drug-likeness (QED) is 0.543. The highest BCUT2D eigenvalue weighted by Crippen LogP contribution is 2.09. The van der Waals surface area contributed by atoms with Crippen molar-refractivity contribution >= 4 is 5.69 Å². The fourth-order valence-corrected chi connectivity index (χ4v) is 0.748. The van der Waals surface area contributed by atoms with Crippen LogP contribution in [0.15, 0.2) is 11.0 Å². The lowest BCUT2D eigenvalue weighted by atomic mass is 10.2. The number of hydrogen-bond donors (Lipinski definition) is 2. The van der Waals surface area contributed by atoms with Crippen LogP contribution in [0.5, 0.6) is 0 Å². The molecule has 0 bridgehead atoms. The largest absolute Gasteiger partial charge is 0.396 e. The van der Waals surface area contributed by atoms with Crippen LogP contribution in [0.4, 0.5) is 5.69 Å². The molecule has 0 saturated heterocycles. The number of nitrogens with one attached hydrogen (secondary N) is 1. The Balaban J connectivity index is 3.61. The van der Waals surface area contributed by atoms with Gasteiger partial charge in [0.2, 0.25) is 0 Å². The van der Waals surface area contributed by atoms with Crippen LogP contribution in [-0.4, -0.2) is 4.98 Å². The van der Waals surface area contributed by atoms with E-state index in [9.17, 15) is 4.79 Å². The van der Waals surface area contributed by atoms with Crippen LogP contribution in [0.25, 0.3) is 0 Å². The van der Waals surface area contributed by atoms with Gasteiger partial charge in [0.15, 0.2) is 0 Å². The second-order valence-electron chi connectivity index (χ2n) is 2.04. The second kappa shape index (κ2) is 2.77. The van der Waals surface area contributed by atoms with Crippen LogP contribution >= 0.6 is 0 Å². The van der Waals surface area contributed by atoms with E-state index in [0.717, 1.165) is 0 Å². The highest BCUT2D eigenvalue weighted by atomic mass is 16.1. The molecule has 5 nitrogen and oxygen atoms in total. The van der Waals surface area contributed by atoms with Gasteiger partial charge in [-0.15, -0.1) is 0 Å². The van der Waals surface area contributed by atoms with Crippen molar-refractivity contribution in [2.45, 2.75) is 0 Å². The Bertz CT molecular complexity index is 446. The molecule has 12 heavy (non-hydrogen) atoms. The van der Waals surface area contributed by atoms with E-state index in [2.05, 4.69) is 4.98 Å². The SMILES string of the molecule is N#Cc1c[nH]c(=O)c(C#N)c1N. The van der Waals surface area contributed by atoms with E-state index in [1.54, 1.807) is 12.1 Å². The monoisotopic (exact) mass is 160 g/mol. The summed E-state index contributed by atoms with van der Waals surface area (Å²) in [5, 5.41) is 16.9. The molecule has 0 aliphatic heterocycles. The molecule has 0 aromatic carbocycles. The fraction of sp³-hybridized carbons (Fsp3) is 0. The maximum Gasteiger partial charge on any atom is 0.268 e. The molecule has 1 rings (SSSR count). The average molecular weight is 160 g/mol. The molecule has 0 spiro atoms. The lowest BCUT2D eigenvalue weighted by Crippen LogP contribution is -2.13. The summed E-state index contributed by atoms with van der Waals surface area (Å²) in [6, 6.07) is 3.37. The Morgan fingerprint density at radius 1 is 1.42 bits per heavy atom. The Hall–Kier alpha value is -2.27. The second-order valence-corrected chi connectivity index (χ2v) is 2.04. The Morgan fingerprint density at radius 2 is 2.08 bits per heavy atom. The Kier molecular flexibility index (Phi) is 1.81. The lowest BCUT2D eigenvalue weighted by Gasteiger charge is -1.96. The summed E-state index contributed by atoms with van der Waals surface area (Å²) in [4.78, 5) is 13.1. The highest BCUT2D eigenvalue weighted by Gasteiger charge is 2.07. The average Bonchev–Trinajstić information content (AvgIpc) is 2.06. The van der Waals surface area contributed by atoms with Gasteiger partial charge in [0.05, 0.1) is 11.3 Å². The molecule has 0 aliphatic carbocycles. The van der Waals surface area contributed by atoms with Crippen LogP contribution in [0.2, 0.25) is 0 Å². The van der Waals surface area contributed by atoms with Crippen LogP contribution in [-0.2, 0) is 0 Å². The Morgan fingerprint density at radius 3 is 2.58 bits per heavy atom. The van der Waals surface area contributed by atoms with Crippen molar-refractivity contribution in [2.24, 2.45) is 0 Å². The third-order valence-corrected chi connectivity index (χ3v) is 1.37. The van der Waals surface area contributed by atoms with E-state index < -0.39 is 5.56 Å². The van der Waals surface area contributed by atoms with Crippen LogP contribution in [0, 0.1) is 22.7 Å². The minimum absolute atomic E-state index is 0.0660. The maximum absolute atomic E-state index is 10.9. The van der Waals surface area contributed by atoms with Crippen molar-refractivity contribution in [1.29, 1.82) is 10.5 Å². The zero-order chi connectivity index (χ0) is 9.14. The van der Waals surface area contributed by atoms with Crippen molar-refractivity contribution in [3.63, 3.8) is 0 Å². The molecule has 0 unspecified atom stereocenters. The number of anilines is 1. The number of H-pyrrole nitrogens is 1.